The summed E-state index contributed by atoms with van der Waals surface area (Å²) in [4.78, 5) is 11.0. The van der Waals surface area contributed by atoms with Crippen LogP contribution in [0.2, 0.25) is 0 Å². The SMILES string of the molecule is CC.CCc1nonc1C(=O)NC. The lowest BCUT2D eigenvalue weighted by Crippen LogP contribution is -2.19. The summed E-state index contributed by atoms with van der Waals surface area (Å²) >= 11 is 0. The number of aryl methyl sites for hydroxylation is 1. The third-order valence-corrected chi connectivity index (χ3v) is 1.33. The molecule has 1 rings (SSSR count). The van der Waals surface area contributed by atoms with Gasteiger partial charge in [-0.1, -0.05) is 25.9 Å². The molecule has 0 aliphatic rings. The van der Waals surface area contributed by atoms with Crippen molar-refractivity contribution in [3.8, 4) is 0 Å². The maximum atomic E-state index is 11.0. The molecule has 1 aromatic heterocycles. The molecule has 1 aromatic rings. The van der Waals surface area contributed by atoms with Gasteiger partial charge in [-0.05, 0) is 11.6 Å². The van der Waals surface area contributed by atoms with Crippen LogP contribution in [0.1, 0.15) is 37.0 Å². The van der Waals surface area contributed by atoms with Crippen LogP contribution in [0.3, 0.4) is 0 Å². The monoisotopic (exact) mass is 185 g/mol. The fourth-order valence-corrected chi connectivity index (χ4v) is 0.729. The van der Waals surface area contributed by atoms with Crippen molar-refractivity contribution < 1.29 is 9.42 Å². The molecule has 0 radical (unpaired) electrons. The number of nitrogens with zero attached hydrogens (tertiary/aromatic N) is 2. The molecule has 0 bridgehead atoms. The van der Waals surface area contributed by atoms with Crippen LogP contribution < -0.4 is 5.32 Å². The first-order valence-electron chi connectivity index (χ1n) is 4.33. The Labute approximate surface area is 77.5 Å². The molecular formula is C8H15N3O2. The summed E-state index contributed by atoms with van der Waals surface area (Å²) in [5.41, 5.74) is 0.861. The molecule has 0 saturated heterocycles. The highest BCUT2D eigenvalue weighted by atomic mass is 16.6. The Morgan fingerprint density at radius 3 is 2.54 bits per heavy atom. The van der Waals surface area contributed by atoms with E-state index in [0.717, 1.165) is 0 Å². The molecule has 0 spiro atoms. The Hall–Kier alpha value is -1.39. The van der Waals surface area contributed by atoms with Crippen molar-refractivity contribution in [2.75, 3.05) is 7.05 Å². The van der Waals surface area contributed by atoms with Gasteiger partial charge in [-0.25, -0.2) is 4.63 Å². The molecule has 1 heterocycles. The van der Waals surface area contributed by atoms with Gasteiger partial charge < -0.3 is 5.32 Å². The number of amides is 1. The maximum absolute atomic E-state index is 11.0. The molecule has 1 amide bonds. The number of hydrogen-bond donors (Lipinski definition) is 1. The van der Waals surface area contributed by atoms with Crippen LogP contribution in [-0.2, 0) is 6.42 Å². The van der Waals surface area contributed by atoms with Gasteiger partial charge >= 0.3 is 0 Å². The van der Waals surface area contributed by atoms with Gasteiger partial charge in [0.25, 0.3) is 5.91 Å². The van der Waals surface area contributed by atoms with Gasteiger partial charge in [0, 0.05) is 7.05 Å². The minimum atomic E-state index is -0.261. The van der Waals surface area contributed by atoms with Gasteiger partial charge in [0.05, 0.1) is 0 Å². The quantitative estimate of drug-likeness (QED) is 0.746. The van der Waals surface area contributed by atoms with E-state index in [0.29, 0.717) is 12.1 Å². The van der Waals surface area contributed by atoms with Crippen LogP contribution in [0, 0.1) is 0 Å². The van der Waals surface area contributed by atoms with Crippen molar-refractivity contribution in [2.24, 2.45) is 0 Å². The van der Waals surface area contributed by atoms with E-state index >= 15 is 0 Å². The highest BCUT2D eigenvalue weighted by molar-refractivity contribution is 5.92. The standard InChI is InChI=1S/C6H9N3O2.C2H6/c1-3-4-5(6(10)7-2)9-11-8-4;1-2/h3H2,1-2H3,(H,7,10);1-2H3. The minimum absolute atomic E-state index is 0.261. The predicted octanol–water partition coefficient (Wildman–Crippen LogP) is 1.02. The van der Waals surface area contributed by atoms with E-state index in [1.165, 1.54) is 7.05 Å². The van der Waals surface area contributed by atoms with Crippen LogP contribution in [0.4, 0.5) is 0 Å². The number of aromatic nitrogens is 2. The van der Waals surface area contributed by atoms with E-state index in [9.17, 15) is 4.79 Å². The highest BCUT2D eigenvalue weighted by Gasteiger charge is 2.14. The summed E-state index contributed by atoms with van der Waals surface area (Å²) in [6.45, 7) is 5.88. The molecule has 74 valence electrons. The van der Waals surface area contributed by atoms with Crippen molar-refractivity contribution in [3.05, 3.63) is 11.4 Å². The first-order chi connectivity index (χ1) is 6.29. The third-order valence-electron chi connectivity index (χ3n) is 1.33. The minimum Gasteiger partial charge on any atom is -0.354 e. The molecule has 0 fully saturated rings. The Kier molecular flexibility index (Phi) is 5.50. The summed E-state index contributed by atoms with van der Waals surface area (Å²) in [7, 11) is 1.54. The van der Waals surface area contributed by atoms with Crippen LogP contribution in [0.5, 0.6) is 0 Å². The van der Waals surface area contributed by atoms with E-state index in [-0.39, 0.29) is 11.6 Å². The van der Waals surface area contributed by atoms with E-state index in [2.05, 4.69) is 20.3 Å². The zero-order valence-corrected chi connectivity index (χ0v) is 8.42. The molecular weight excluding hydrogens is 170 g/mol. The summed E-state index contributed by atoms with van der Waals surface area (Å²) in [5.74, 6) is -0.261. The van der Waals surface area contributed by atoms with Gasteiger partial charge in [0.1, 0.15) is 5.69 Å². The summed E-state index contributed by atoms with van der Waals surface area (Å²) in [5, 5.41) is 9.46. The molecule has 13 heavy (non-hydrogen) atoms. The lowest BCUT2D eigenvalue weighted by Gasteiger charge is -1.92. The van der Waals surface area contributed by atoms with Crippen molar-refractivity contribution in [2.45, 2.75) is 27.2 Å². The van der Waals surface area contributed by atoms with Crippen LogP contribution in [0.15, 0.2) is 4.63 Å². The van der Waals surface area contributed by atoms with Crippen molar-refractivity contribution >= 4 is 5.91 Å². The number of nitrogens with one attached hydrogen (secondary N) is 1. The molecule has 0 atom stereocenters. The van der Waals surface area contributed by atoms with E-state index in [1.807, 2.05) is 20.8 Å². The smallest absolute Gasteiger partial charge is 0.275 e. The lowest BCUT2D eigenvalue weighted by molar-refractivity contribution is 0.0952. The Balaban J connectivity index is 0.000000671. The Bertz CT molecular complexity index is 258. The molecule has 5 heteroatoms. The van der Waals surface area contributed by atoms with Gasteiger partial charge in [0.15, 0.2) is 5.69 Å². The van der Waals surface area contributed by atoms with Gasteiger partial charge in [-0.3, -0.25) is 4.79 Å². The molecule has 5 nitrogen and oxygen atoms in total. The average molecular weight is 185 g/mol. The van der Waals surface area contributed by atoms with Gasteiger partial charge in [-0.15, -0.1) is 0 Å². The van der Waals surface area contributed by atoms with Crippen molar-refractivity contribution in [1.82, 2.24) is 15.6 Å². The van der Waals surface area contributed by atoms with Crippen molar-refractivity contribution in [3.63, 3.8) is 0 Å². The zero-order valence-electron chi connectivity index (χ0n) is 8.42. The fourth-order valence-electron chi connectivity index (χ4n) is 0.729. The van der Waals surface area contributed by atoms with Crippen molar-refractivity contribution in [1.29, 1.82) is 0 Å². The van der Waals surface area contributed by atoms with E-state index in [4.69, 9.17) is 0 Å². The summed E-state index contributed by atoms with van der Waals surface area (Å²) in [6, 6.07) is 0. The van der Waals surface area contributed by atoms with Crippen LogP contribution in [0.25, 0.3) is 0 Å². The zero-order chi connectivity index (χ0) is 10.3. The van der Waals surface area contributed by atoms with Gasteiger partial charge in [-0.2, -0.15) is 0 Å². The number of carbonyl (C=O) groups excluding carboxylic acids is 1. The first-order valence-corrected chi connectivity index (χ1v) is 4.33. The second-order valence-electron chi connectivity index (χ2n) is 1.99. The first kappa shape index (κ1) is 11.6. The predicted molar refractivity (Wildman–Crippen MR) is 48.4 cm³/mol. The molecule has 0 aliphatic heterocycles. The van der Waals surface area contributed by atoms with E-state index in [1.54, 1.807) is 0 Å². The highest BCUT2D eigenvalue weighted by Crippen LogP contribution is 2.01. The number of rotatable bonds is 2. The van der Waals surface area contributed by atoms with Gasteiger partial charge in [0.2, 0.25) is 0 Å². The average Bonchev–Trinajstić information content (AvgIpc) is 2.67. The Morgan fingerprint density at radius 1 is 1.46 bits per heavy atom. The summed E-state index contributed by atoms with van der Waals surface area (Å²) < 4.78 is 4.40. The topological polar surface area (TPSA) is 68.0 Å². The summed E-state index contributed by atoms with van der Waals surface area (Å²) in [6.07, 6.45) is 0.645. The third kappa shape index (κ3) is 2.85. The second kappa shape index (κ2) is 6.16. The molecule has 0 aromatic carbocycles. The van der Waals surface area contributed by atoms with Crippen LogP contribution >= 0.6 is 0 Å². The normalized spacial score (nSPS) is 8.62. The largest absolute Gasteiger partial charge is 0.354 e. The Morgan fingerprint density at radius 2 is 2.08 bits per heavy atom. The van der Waals surface area contributed by atoms with Crippen LogP contribution in [-0.4, -0.2) is 23.3 Å². The van der Waals surface area contributed by atoms with E-state index < -0.39 is 0 Å². The molecule has 0 unspecified atom stereocenters. The fraction of sp³-hybridized carbons (Fsp3) is 0.625. The molecule has 0 aliphatic carbocycles. The molecule has 0 saturated carbocycles. The number of hydrogen-bond acceptors (Lipinski definition) is 4. The number of carbonyl (C=O) groups is 1. The molecule has 1 N–H and O–H groups in total. The second-order valence-corrected chi connectivity index (χ2v) is 1.99. The maximum Gasteiger partial charge on any atom is 0.275 e. The lowest BCUT2D eigenvalue weighted by atomic mass is 10.2.